The molecule has 7 heteroatoms. The van der Waals surface area contributed by atoms with Crippen molar-refractivity contribution in [2.75, 3.05) is 44.2 Å². The first kappa shape index (κ1) is 16.6. The van der Waals surface area contributed by atoms with E-state index in [1.54, 1.807) is 0 Å². The fourth-order valence-corrected chi connectivity index (χ4v) is 3.96. The van der Waals surface area contributed by atoms with Gasteiger partial charge in [-0.25, -0.2) is 4.79 Å². The summed E-state index contributed by atoms with van der Waals surface area (Å²) in [5, 5.41) is 11.4. The molecule has 1 spiro atoms. The quantitative estimate of drug-likeness (QED) is 0.901. The van der Waals surface area contributed by atoms with Crippen LogP contribution in [-0.4, -0.2) is 66.1 Å². The molecule has 136 valence electrons. The number of urea groups is 1. The molecule has 1 aromatic rings. The Morgan fingerprint density at radius 3 is 2.76 bits per heavy atom. The number of ether oxygens (including phenoxy) is 1. The van der Waals surface area contributed by atoms with E-state index in [9.17, 15) is 4.79 Å². The van der Waals surface area contributed by atoms with Crippen LogP contribution in [0.1, 0.15) is 31.4 Å². The van der Waals surface area contributed by atoms with Gasteiger partial charge in [0.1, 0.15) is 5.60 Å². The Balaban J connectivity index is 1.20. The molecule has 1 atom stereocenters. The third-order valence-electron chi connectivity index (χ3n) is 5.63. The van der Waals surface area contributed by atoms with Crippen molar-refractivity contribution in [3.05, 3.63) is 17.8 Å². The second-order valence-corrected chi connectivity index (χ2v) is 7.67. The molecule has 2 amide bonds. The molecule has 3 aliphatic rings. The Morgan fingerprint density at radius 2 is 2.12 bits per heavy atom. The van der Waals surface area contributed by atoms with Crippen LogP contribution in [0, 0.1) is 12.8 Å². The van der Waals surface area contributed by atoms with Gasteiger partial charge in [-0.05, 0) is 50.7 Å². The molecule has 7 nitrogen and oxygen atoms in total. The molecule has 0 aromatic carbocycles. The maximum Gasteiger partial charge on any atom is 0.317 e. The van der Waals surface area contributed by atoms with Crippen molar-refractivity contribution in [2.45, 2.75) is 38.2 Å². The van der Waals surface area contributed by atoms with E-state index in [0.717, 1.165) is 76.5 Å². The van der Waals surface area contributed by atoms with Gasteiger partial charge in [0.2, 0.25) is 0 Å². The number of aromatic nitrogens is 2. The number of carbonyl (C=O) groups excluding carboxylic acids is 1. The third kappa shape index (κ3) is 3.56. The smallest absolute Gasteiger partial charge is 0.317 e. The first-order chi connectivity index (χ1) is 12.1. The van der Waals surface area contributed by atoms with Crippen LogP contribution in [0.15, 0.2) is 12.1 Å². The van der Waals surface area contributed by atoms with Crippen molar-refractivity contribution in [3.63, 3.8) is 0 Å². The summed E-state index contributed by atoms with van der Waals surface area (Å²) in [7, 11) is 0. The van der Waals surface area contributed by atoms with E-state index in [2.05, 4.69) is 20.4 Å². The van der Waals surface area contributed by atoms with Gasteiger partial charge in [-0.15, -0.1) is 5.10 Å². The molecule has 4 heterocycles. The van der Waals surface area contributed by atoms with Gasteiger partial charge in [0.25, 0.3) is 0 Å². The topological polar surface area (TPSA) is 70.6 Å². The monoisotopic (exact) mass is 345 g/mol. The highest BCUT2D eigenvalue weighted by Gasteiger charge is 2.47. The van der Waals surface area contributed by atoms with Crippen LogP contribution in [0.25, 0.3) is 0 Å². The third-order valence-corrected chi connectivity index (χ3v) is 5.63. The van der Waals surface area contributed by atoms with Crippen LogP contribution < -0.4 is 10.2 Å². The minimum Gasteiger partial charge on any atom is -0.371 e. The van der Waals surface area contributed by atoms with E-state index >= 15 is 0 Å². The van der Waals surface area contributed by atoms with Crippen LogP contribution >= 0.6 is 0 Å². The molecule has 1 aromatic heterocycles. The molecule has 4 rings (SSSR count). The summed E-state index contributed by atoms with van der Waals surface area (Å²) in [5.41, 5.74) is 0.911. The first-order valence-corrected chi connectivity index (χ1v) is 9.36. The lowest BCUT2D eigenvalue weighted by molar-refractivity contribution is -0.115. The lowest BCUT2D eigenvalue weighted by atomic mass is 9.83. The van der Waals surface area contributed by atoms with Crippen LogP contribution in [0.3, 0.4) is 0 Å². The zero-order valence-corrected chi connectivity index (χ0v) is 14.9. The average Bonchev–Trinajstić information content (AvgIpc) is 3.14. The SMILES string of the molecule is Cc1ccc(N2CC3(CCC(CNC(=O)N4CCCC4)CO3)C2)nn1. The number of likely N-dealkylation sites (tertiary alicyclic amines) is 1. The number of hydrogen-bond acceptors (Lipinski definition) is 5. The van der Waals surface area contributed by atoms with Gasteiger partial charge in [-0.1, -0.05) is 0 Å². The minimum absolute atomic E-state index is 0.0258. The van der Waals surface area contributed by atoms with Gasteiger partial charge in [-0.2, -0.15) is 5.10 Å². The first-order valence-electron chi connectivity index (χ1n) is 9.36. The Hall–Kier alpha value is -1.89. The molecule has 0 saturated carbocycles. The Labute approximate surface area is 148 Å². The molecule has 0 aliphatic carbocycles. The van der Waals surface area contributed by atoms with E-state index in [1.807, 2.05) is 24.0 Å². The molecular formula is C18H27N5O2. The Kier molecular flexibility index (Phi) is 4.50. The number of nitrogens with one attached hydrogen (secondary N) is 1. The van der Waals surface area contributed by atoms with Gasteiger partial charge in [0.05, 0.1) is 25.4 Å². The van der Waals surface area contributed by atoms with E-state index < -0.39 is 0 Å². The molecule has 3 fully saturated rings. The maximum absolute atomic E-state index is 12.1. The summed E-state index contributed by atoms with van der Waals surface area (Å²) in [6.45, 7) is 6.96. The van der Waals surface area contributed by atoms with Crippen molar-refractivity contribution in [1.82, 2.24) is 20.4 Å². The minimum atomic E-state index is -0.0258. The molecule has 0 bridgehead atoms. The number of rotatable bonds is 3. The van der Waals surface area contributed by atoms with Crippen molar-refractivity contribution >= 4 is 11.8 Å². The largest absolute Gasteiger partial charge is 0.371 e. The van der Waals surface area contributed by atoms with E-state index in [4.69, 9.17) is 4.74 Å². The van der Waals surface area contributed by atoms with E-state index in [0.29, 0.717) is 5.92 Å². The van der Waals surface area contributed by atoms with Gasteiger partial charge >= 0.3 is 6.03 Å². The Bertz CT molecular complexity index is 598. The summed E-state index contributed by atoms with van der Waals surface area (Å²) in [6, 6.07) is 4.11. The number of aryl methyl sites for hydroxylation is 1. The standard InChI is InChI=1S/C18H27N5O2/c1-14-4-5-16(21-20-14)23-12-18(13-23)7-6-15(11-25-18)10-19-17(24)22-8-2-3-9-22/h4-5,15H,2-3,6-13H2,1H3,(H,19,24). The molecule has 3 saturated heterocycles. The van der Waals surface area contributed by atoms with Crippen molar-refractivity contribution in [1.29, 1.82) is 0 Å². The lowest BCUT2D eigenvalue weighted by Crippen LogP contribution is -2.65. The number of anilines is 1. The summed E-state index contributed by atoms with van der Waals surface area (Å²) >= 11 is 0. The summed E-state index contributed by atoms with van der Waals surface area (Å²) in [4.78, 5) is 16.2. The summed E-state index contributed by atoms with van der Waals surface area (Å²) < 4.78 is 6.19. The van der Waals surface area contributed by atoms with Crippen LogP contribution in [0.5, 0.6) is 0 Å². The number of nitrogens with zero attached hydrogens (tertiary/aromatic N) is 4. The van der Waals surface area contributed by atoms with Gasteiger partial charge in [0, 0.05) is 19.6 Å². The summed E-state index contributed by atoms with van der Waals surface area (Å²) in [6.07, 6.45) is 4.41. The molecule has 1 N–H and O–H groups in total. The highest BCUT2D eigenvalue weighted by atomic mass is 16.5. The fraction of sp³-hybridized carbons (Fsp3) is 0.722. The Morgan fingerprint density at radius 1 is 1.32 bits per heavy atom. The maximum atomic E-state index is 12.1. The summed E-state index contributed by atoms with van der Waals surface area (Å²) in [5.74, 6) is 1.35. The van der Waals surface area contributed by atoms with Gasteiger partial charge in [0.15, 0.2) is 5.82 Å². The fourth-order valence-electron chi connectivity index (χ4n) is 3.96. The molecule has 3 aliphatic heterocycles. The molecule has 1 unspecified atom stereocenters. The number of amides is 2. The highest BCUT2D eigenvalue weighted by molar-refractivity contribution is 5.74. The predicted octanol–water partition coefficient (Wildman–Crippen LogP) is 1.58. The van der Waals surface area contributed by atoms with Crippen molar-refractivity contribution < 1.29 is 9.53 Å². The van der Waals surface area contributed by atoms with Crippen molar-refractivity contribution in [2.24, 2.45) is 5.92 Å². The average molecular weight is 345 g/mol. The molecular weight excluding hydrogens is 318 g/mol. The molecule has 25 heavy (non-hydrogen) atoms. The van der Waals surface area contributed by atoms with Crippen LogP contribution in [0.4, 0.5) is 10.6 Å². The highest BCUT2D eigenvalue weighted by Crippen LogP contribution is 2.37. The van der Waals surface area contributed by atoms with E-state index in [1.165, 1.54) is 0 Å². The second-order valence-electron chi connectivity index (χ2n) is 7.67. The van der Waals surface area contributed by atoms with Crippen LogP contribution in [0.2, 0.25) is 0 Å². The number of hydrogen-bond donors (Lipinski definition) is 1. The van der Waals surface area contributed by atoms with Gasteiger partial charge in [-0.3, -0.25) is 0 Å². The normalized spacial score (nSPS) is 25.1. The van der Waals surface area contributed by atoms with Gasteiger partial charge < -0.3 is 19.9 Å². The van der Waals surface area contributed by atoms with Crippen molar-refractivity contribution in [3.8, 4) is 0 Å². The lowest BCUT2D eigenvalue weighted by Gasteiger charge is -2.53. The zero-order chi connectivity index (χ0) is 17.3. The van der Waals surface area contributed by atoms with Crippen LogP contribution in [-0.2, 0) is 4.74 Å². The molecule has 0 radical (unpaired) electrons. The predicted molar refractivity (Wildman–Crippen MR) is 94.6 cm³/mol. The zero-order valence-electron chi connectivity index (χ0n) is 14.9. The second kappa shape index (κ2) is 6.78. The van der Waals surface area contributed by atoms with E-state index in [-0.39, 0.29) is 11.6 Å². The number of carbonyl (C=O) groups is 1.